The molecule has 1 aliphatic rings. The summed E-state index contributed by atoms with van der Waals surface area (Å²) in [5.41, 5.74) is 3.07. The monoisotopic (exact) mass is 362 g/mol. The number of nitrogens with zero attached hydrogens (tertiary/aromatic N) is 2. The summed E-state index contributed by atoms with van der Waals surface area (Å²) in [5, 5.41) is 4.50. The number of aryl methyl sites for hydroxylation is 3. The van der Waals surface area contributed by atoms with E-state index in [1.807, 2.05) is 20.8 Å². The molecule has 3 rings (SSSR count). The molecule has 1 saturated heterocycles. The Labute approximate surface area is 147 Å². The molecule has 0 amide bonds. The molecule has 0 aromatic carbocycles. The molecule has 1 atom stereocenters. The van der Waals surface area contributed by atoms with E-state index in [4.69, 9.17) is 4.42 Å². The molecule has 3 heterocycles. The van der Waals surface area contributed by atoms with Crippen LogP contribution in [0.4, 0.5) is 0 Å². The first-order valence-corrected chi connectivity index (χ1v) is 10.1. The van der Waals surface area contributed by atoms with Crippen LogP contribution in [0.25, 0.3) is 6.08 Å². The van der Waals surface area contributed by atoms with Crippen molar-refractivity contribution in [2.45, 2.75) is 40.2 Å². The molecule has 0 bridgehead atoms. The van der Waals surface area contributed by atoms with E-state index >= 15 is 0 Å². The second-order valence-electron chi connectivity index (χ2n) is 6.61. The Morgan fingerprint density at radius 3 is 2.60 bits per heavy atom. The van der Waals surface area contributed by atoms with Crippen LogP contribution in [0.5, 0.6) is 0 Å². The number of hydrogen-bond donors (Lipinski definition) is 0. The number of allylic oxidation sites excluding steroid dienone is 1. The van der Waals surface area contributed by atoms with Gasteiger partial charge in [0.05, 0.1) is 28.8 Å². The van der Waals surface area contributed by atoms with Gasteiger partial charge >= 0.3 is 0 Å². The van der Waals surface area contributed by atoms with Gasteiger partial charge in [-0.25, -0.2) is 8.42 Å². The van der Waals surface area contributed by atoms with Crippen molar-refractivity contribution >= 4 is 21.7 Å². The maximum Gasteiger partial charge on any atom is 0.189 e. The standard InChI is InChI=1S/C18H22N2O4S/c1-11-9-17(14(4)24-11)18(21)6-5-16-12(2)19-20(13(16)3)15-7-8-25(22,23)10-15/h5-6,9,15H,7-8,10H2,1-4H3/b6-5+/t15-/m0/s1. The Kier molecular flexibility index (Phi) is 4.45. The second kappa shape index (κ2) is 6.29. The molecule has 0 radical (unpaired) electrons. The van der Waals surface area contributed by atoms with Crippen molar-refractivity contribution in [1.82, 2.24) is 9.78 Å². The first-order chi connectivity index (χ1) is 11.7. The topological polar surface area (TPSA) is 82.2 Å². The van der Waals surface area contributed by atoms with Crippen LogP contribution in [-0.4, -0.2) is 35.5 Å². The Balaban J connectivity index is 1.86. The van der Waals surface area contributed by atoms with Gasteiger partial charge in [-0.1, -0.05) is 0 Å². The lowest BCUT2D eigenvalue weighted by Gasteiger charge is -2.10. The van der Waals surface area contributed by atoms with Gasteiger partial charge in [0.2, 0.25) is 0 Å². The molecule has 134 valence electrons. The van der Waals surface area contributed by atoms with E-state index in [1.165, 1.54) is 6.08 Å². The minimum atomic E-state index is -2.97. The highest BCUT2D eigenvalue weighted by Crippen LogP contribution is 2.27. The van der Waals surface area contributed by atoms with E-state index in [9.17, 15) is 13.2 Å². The molecule has 2 aromatic heterocycles. The zero-order valence-corrected chi connectivity index (χ0v) is 15.7. The van der Waals surface area contributed by atoms with Crippen molar-refractivity contribution in [3.63, 3.8) is 0 Å². The number of sulfone groups is 1. The molecule has 0 saturated carbocycles. The van der Waals surface area contributed by atoms with E-state index < -0.39 is 9.84 Å². The van der Waals surface area contributed by atoms with Crippen LogP contribution in [0.1, 0.15) is 51.3 Å². The van der Waals surface area contributed by atoms with Crippen LogP contribution in [0.3, 0.4) is 0 Å². The fourth-order valence-electron chi connectivity index (χ4n) is 3.36. The summed E-state index contributed by atoms with van der Waals surface area (Å²) in [4.78, 5) is 12.4. The summed E-state index contributed by atoms with van der Waals surface area (Å²) in [7, 11) is -2.97. The van der Waals surface area contributed by atoms with E-state index in [0.717, 1.165) is 17.0 Å². The van der Waals surface area contributed by atoms with Crippen LogP contribution < -0.4 is 0 Å². The normalized spacial score (nSPS) is 19.8. The van der Waals surface area contributed by atoms with Gasteiger partial charge in [0.25, 0.3) is 0 Å². The van der Waals surface area contributed by atoms with Crippen molar-refractivity contribution < 1.29 is 17.6 Å². The molecule has 1 aliphatic heterocycles. The largest absolute Gasteiger partial charge is 0.466 e. The van der Waals surface area contributed by atoms with Gasteiger partial charge in [0.15, 0.2) is 15.6 Å². The highest BCUT2D eigenvalue weighted by atomic mass is 32.2. The van der Waals surface area contributed by atoms with Crippen LogP contribution in [-0.2, 0) is 9.84 Å². The van der Waals surface area contributed by atoms with Gasteiger partial charge in [-0.15, -0.1) is 0 Å². The lowest BCUT2D eigenvalue weighted by Crippen LogP contribution is -2.13. The molecule has 0 unspecified atom stereocenters. The number of hydrogen-bond acceptors (Lipinski definition) is 5. The van der Waals surface area contributed by atoms with Gasteiger partial charge in [0, 0.05) is 11.3 Å². The molecule has 0 aliphatic carbocycles. The van der Waals surface area contributed by atoms with Gasteiger partial charge in [0.1, 0.15) is 11.5 Å². The predicted molar refractivity (Wildman–Crippen MR) is 95.6 cm³/mol. The van der Waals surface area contributed by atoms with Crippen LogP contribution in [0.15, 0.2) is 16.6 Å². The van der Waals surface area contributed by atoms with Crippen molar-refractivity contribution in [3.8, 4) is 0 Å². The number of furan rings is 1. The Morgan fingerprint density at radius 1 is 1.32 bits per heavy atom. The minimum absolute atomic E-state index is 0.121. The third-order valence-corrected chi connectivity index (χ3v) is 6.39. The number of carbonyl (C=O) groups is 1. The van der Waals surface area contributed by atoms with Crippen molar-refractivity contribution in [1.29, 1.82) is 0 Å². The molecule has 1 fully saturated rings. The quantitative estimate of drug-likeness (QED) is 0.617. The number of carbonyl (C=O) groups excluding carboxylic acids is 1. The van der Waals surface area contributed by atoms with Crippen molar-refractivity contribution in [3.05, 3.63) is 46.2 Å². The molecule has 25 heavy (non-hydrogen) atoms. The molecule has 0 spiro atoms. The van der Waals surface area contributed by atoms with Crippen LogP contribution in [0.2, 0.25) is 0 Å². The van der Waals surface area contributed by atoms with Gasteiger partial charge in [-0.2, -0.15) is 5.10 Å². The SMILES string of the molecule is Cc1cc(C(=O)/C=C/c2c(C)nn([C@H]3CCS(=O)(=O)C3)c2C)c(C)o1. The Bertz CT molecular complexity index is 964. The molecule has 7 heteroatoms. The van der Waals surface area contributed by atoms with Crippen LogP contribution in [0, 0.1) is 27.7 Å². The highest BCUT2D eigenvalue weighted by Gasteiger charge is 2.31. The summed E-state index contributed by atoms with van der Waals surface area (Å²) in [6.45, 7) is 7.34. The molecule has 0 N–H and O–H groups in total. The Morgan fingerprint density at radius 2 is 2.04 bits per heavy atom. The summed E-state index contributed by atoms with van der Waals surface area (Å²) < 4.78 is 30.6. The maximum atomic E-state index is 12.4. The fourth-order valence-corrected chi connectivity index (χ4v) is 5.06. The third kappa shape index (κ3) is 3.46. The molecule has 6 nitrogen and oxygen atoms in total. The first-order valence-electron chi connectivity index (χ1n) is 8.23. The third-order valence-electron chi connectivity index (χ3n) is 4.64. The fraction of sp³-hybridized carbons (Fsp3) is 0.444. The number of ketones is 1. The molecular weight excluding hydrogens is 340 g/mol. The summed E-state index contributed by atoms with van der Waals surface area (Å²) >= 11 is 0. The average molecular weight is 362 g/mol. The zero-order valence-electron chi connectivity index (χ0n) is 14.9. The van der Waals surface area contributed by atoms with Gasteiger partial charge in [-0.05, 0) is 52.3 Å². The lowest BCUT2D eigenvalue weighted by atomic mass is 10.1. The Hall–Kier alpha value is -2.15. The molecular formula is C18H22N2O4S. The summed E-state index contributed by atoms with van der Waals surface area (Å²) in [5.74, 6) is 1.53. The van der Waals surface area contributed by atoms with E-state index in [0.29, 0.717) is 23.5 Å². The summed E-state index contributed by atoms with van der Waals surface area (Å²) in [6.07, 6.45) is 3.85. The maximum absolute atomic E-state index is 12.4. The summed E-state index contributed by atoms with van der Waals surface area (Å²) in [6, 6.07) is 1.61. The number of rotatable bonds is 4. The van der Waals surface area contributed by atoms with E-state index in [-0.39, 0.29) is 23.3 Å². The average Bonchev–Trinajstić information content (AvgIpc) is 3.13. The predicted octanol–water partition coefficient (Wildman–Crippen LogP) is 2.97. The van der Waals surface area contributed by atoms with Crippen molar-refractivity contribution in [2.24, 2.45) is 0 Å². The first kappa shape index (κ1) is 17.7. The van der Waals surface area contributed by atoms with E-state index in [1.54, 1.807) is 23.7 Å². The molecule has 2 aromatic rings. The van der Waals surface area contributed by atoms with Crippen molar-refractivity contribution in [2.75, 3.05) is 11.5 Å². The van der Waals surface area contributed by atoms with Gasteiger partial charge in [-0.3, -0.25) is 9.48 Å². The van der Waals surface area contributed by atoms with Crippen LogP contribution >= 0.6 is 0 Å². The smallest absolute Gasteiger partial charge is 0.189 e. The number of aromatic nitrogens is 2. The highest BCUT2D eigenvalue weighted by molar-refractivity contribution is 7.91. The lowest BCUT2D eigenvalue weighted by molar-refractivity contribution is 0.104. The zero-order chi connectivity index (χ0) is 18.4. The van der Waals surface area contributed by atoms with Gasteiger partial charge < -0.3 is 4.42 Å². The second-order valence-corrected chi connectivity index (χ2v) is 8.84. The minimum Gasteiger partial charge on any atom is -0.466 e. The van der Waals surface area contributed by atoms with E-state index in [2.05, 4.69) is 5.10 Å².